The quantitative estimate of drug-likeness (QED) is 0.549. The van der Waals surface area contributed by atoms with Crippen LogP contribution in [0, 0.1) is 16.7 Å². The highest BCUT2D eigenvalue weighted by molar-refractivity contribution is 5.78. The summed E-state index contributed by atoms with van der Waals surface area (Å²) >= 11 is 0. The third-order valence-electron chi connectivity index (χ3n) is 2.50. The first-order chi connectivity index (χ1) is 7.44. The molecule has 1 saturated heterocycles. The molecule has 16 heavy (non-hydrogen) atoms. The summed E-state index contributed by atoms with van der Waals surface area (Å²) in [7, 11) is 0. The second-order valence-corrected chi connectivity index (χ2v) is 4.80. The van der Waals surface area contributed by atoms with E-state index in [4.69, 9.17) is 15.7 Å². The molecule has 0 saturated carbocycles. The summed E-state index contributed by atoms with van der Waals surface area (Å²) in [5, 5.41) is 8.87. The fourth-order valence-corrected chi connectivity index (χ4v) is 1.44. The lowest BCUT2D eigenvalue weighted by molar-refractivity contribution is 0.00526. The molecule has 1 heterocycles. The summed E-state index contributed by atoms with van der Waals surface area (Å²) in [5.41, 5.74) is 5.43. The first-order valence-corrected chi connectivity index (χ1v) is 5.52. The Balaban J connectivity index is 2.53. The van der Waals surface area contributed by atoms with Gasteiger partial charge in [-0.1, -0.05) is 0 Å². The monoisotopic (exact) mass is 224 g/mol. The molecule has 90 valence electrons. The second-order valence-electron chi connectivity index (χ2n) is 4.80. The first-order valence-electron chi connectivity index (χ1n) is 5.52. The zero-order valence-corrected chi connectivity index (χ0v) is 10.2. The summed E-state index contributed by atoms with van der Waals surface area (Å²) in [4.78, 5) is 6.27. The Kier molecular flexibility index (Phi) is 4.13. The molecule has 1 rings (SSSR count). The maximum Gasteiger partial charge on any atom is 0.191 e. The molecule has 0 aromatic carbocycles. The first kappa shape index (κ1) is 12.8. The van der Waals surface area contributed by atoms with Crippen molar-refractivity contribution in [2.75, 3.05) is 26.2 Å². The van der Waals surface area contributed by atoms with Crippen LogP contribution in [0.1, 0.15) is 20.8 Å². The Morgan fingerprint density at radius 2 is 2.38 bits per heavy atom. The molecule has 1 atom stereocenters. The van der Waals surface area contributed by atoms with Crippen molar-refractivity contribution in [2.24, 2.45) is 16.1 Å². The highest BCUT2D eigenvalue weighted by Crippen LogP contribution is 2.13. The highest BCUT2D eigenvalue weighted by atomic mass is 16.5. The maximum atomic E-state index is 8.87. The van der Waals surface area contributed by atoms with Crippen molar-refractivity contribution >= 4 is 5.96 Å². The van der Waals surface area contributed by atoms with E-state index in [0.29, 0.717) is 19.1 Å². The minimum atomic E-state index is -0.456. The Labute approximate surface area is 96.9 Å². The van der Waals surface area contributed by atoms with Crippen LogP contribution in [0.25, 0.3) is 0 Å². The SMILES string of the molecule is CC1CN(C(N)=NCC(C)(C)C#N)CCO1. The van der Waals surface area contributed by atoms with Gasteiger partial charge in [-0.3, -0.25) is 4.99 Å². The number of nitrogens with two attached hydrogens (primary N) is 1. The lowest BCUT2D eigenvalue weighted by Crippen LogP contribution is -2.48. The Morgan fingerprint density at radius 3 is 2.94 bits per heavy atom. The average molecular weight is 224 g/mol. The highest BCUT2D eigenvalue weighted by Gasteiger charge is 2.20. The molecule has 0 bridgehead atoms. The predicted octanol–water partition coefficient (Wildman–Crippen LogP) is 0.572. The van der Waals surface area contributed by atoms with Gasteiger partial charge in [0.25, 0.3) is 0 Å². The minimum absolute atomic E-state index is 0.187. The lowest BCUT2D eigenvalue weighted by atomic mass is 9.96. The molecule has 0 aromatic rings. The molecule has 1 aliphatic rings. The summed E-state index contributed by atoms with van der Waals surface area (Å²) in [6.45, 7) is 8.37. The average Bonchev–Trinajstić information content (AvgIpc) is 2.26. The van der Waals surface area contributed by atoms with Crippen molar-refractivity contribution in [3.63, 3.8) is 0 Å². The van der Waals surface area contributed by atoms with Crippen LogP contribution >= 0.6 is 0 Å². The molecule has 0 aliphatic carbocycles. The number of ether oxygens (including phenoxy) is 1. The zero-order valence-electron chi connectivity index (χ0n) is 10.2. The van der Waals surface area contributed by atoms with Gasteiger partial charge in [-0.25, -0.2) is 0 Å². The number of aliphatic imine (C=N–C) groups is 1. The van der Waals surface area contributed by atoms with Gasteiger partial charge in [-0.2, -0.15) is 5.26 Å². The Morgan fingerprint density at radius 1 is 1.69 bits per heavy atom. The summed E-state index contributed by atoms with van der Waals surface area (Å²) in [6, 6.07) is 2.20. The van der Waals surface area contributed by atoms with Crippen molar-refractivity contribution in [2.45, 2.75) is 26.9 Å². The van der Waals surface area contributed by atoms with Crippen LogP contribution in [0.4, 0.5) is 0 Å². The van der Waals surface area contributed by atoms with Gasteiger partial charge in [0.15, 0.2) is 5.96 Å². The van der Waals surface area contributed by atoms with E-state index in [9.17, 15) is 0 Å². The normalized spacial score (nSPS) is 23.0. The molecule has 5 nitrogen and oxygen atoms in total. The molecule has 1 aliphatic heterocycles. The van der Waals surface area contributed by atoms with Gasteiger partial charge in [0.05, 0.1) is 30.7 Å². The fraction of sp³-hybridized carbons (Fsp3) is 0.818. The maximum absolute atomic E-state index is 8.87. The van der Waals surface area contributed by atoms with E-state index >= 15 is 0 Å². The van der Waals surface area contributed by atoms with Gasteiger partial charge in [0, 0.05) is 13.1 Å². The number of hydrogen-bond donors (Lipinski definition) is 1. The Bertz CT molecular complexity index is 306. The number of nitrogens with zero attached hydrogens (tertiary/aromatic N) is 3. The molecule has 0 aromatic heterocycles. The van der Waals surface area contributed by atoms with Crippen molar-refractivity contribution in [1.29, 1.82) is 5.26 Å². The van der Waals surface area contributed by atoms with E-state index in [1.807, 2.05) is 25.7 Å². The summed E-state index contributed by atoms with van der Waals surface area (Å²) in [5.74, 6) is 0.512. The van der Waals surface area contributed by atoms with Crippen molar-refractivity contribution < 1.29 is 4.74 Å². The van der Waals surface area contributed by atoms with Gasteiger partial charge < -0.3 is 15.4 Å². The van der Waals surface area contributed by atoms with Crippen LogP contribution in [0.3, 0.4) is 0 Å². The van der Waals surface area contributed by atoms with Crippen LogP contribution in [-0.4, -0.2) is 43.2 Å². The van der Waals surface area contributed by atoms with Crippen LogP contribution < -0.4 is 5.73 Å². The van der Waals surface area contributed by atoms with Crippen LogP contribution in [0.5, 0.6) is 0 Å². The molecule has 0 amide bonds. The van der Waals surface area contributed by atoms with Crippen LogP contribution in [0.15, 0.2) is 4.99 Å². The summed E-state index contributed by atoms with van der Waals surface area (Å²) < 4.78 is 5.42. The van der Waals surface area contributed by atoms with E-state index in [1.54, 1.807) is 0 Å². The third kappa shape index (κ3) is 3.70. The molecule has 2 N–H and O–H groups in total. The largest absolute Gasteiger partial charge is 0.375 e. The molecule has 1 fully saturated rings. The van der Waals surface area contributed by atoms with E-state index in [2.05, 4.69) is 11.1 Å². The van der Waals surface area contributed by atoms with Crippen LogP contribution in [0.2, 0.25) is 0 Å². The number of rotatable bonds is 2. The van der Waals surface area contributed by atoms with E-state index in [1.165, 1.54) is 0 Å². The van der Waals surface area contributed by atoms with E-state index in [-0.39, 0.29) is 6.10 Å². The molecular formula is C11H20N4O. The lowest BCUT2D eigenvalue weighted by Gasteiger charge is -2.32. The minimum Gasteiger partial charge on any atom is -0.375 e. The zero-order chi connectivity index (χ0) is 12.2. The van der Waals surface area contributed by atoms with Gasteiger partial charge in [-0.15, -0.1) is 0 Å². The van der Waals surface area contributed by atoms with Crippen molar-refractivity contribution in [3.05, 3.63) is 0 Å². The molecule has 0 spiro atoms. The fourth-order valence-electron chi connectivity index (χ4n) is 1.44. The molecular weight excluding hydrogens is 204 g/mol. The van der Waals surface area contributed by atoms with Gasteiger partial charge >= 0.3 is 0 Å². The second kappa shape index (κ2) is 5.17. The molecule has 1 unspecified atom stereocenters. The smallest absolute Gasteiger partial charge is 0.191 e. The number of guanidine groups is 1. The third-order valence-corrected chi connectivity index (χ3v) is 2.50. The van der Waals surface area contributed by atoms with E-state index in [0.717, 1.165) is 13.1 Å². The predicted molar refractivity (Wildman–Crippen MR) is 62.9 cm³/mol. The van der Waals surface area contributed by atoms with Gasteiger partial charge in [0.2, 0.25) is 0 Å². The number of nitriles is 1. The Hall–Kier alpha value is -1.28. The molecule has 0 radical (unpaired) electrons. The molecule has 5 heteroatoms. The van der Waals surface area contributed by atoms with Gasteiger partial charge in [0.1, 0.15) is 0 Å². The topological polar surface area (TPSA) is 74.6 Å². The number of morpholine rings is 1. The summed E-state index contributed by atoms with van der Waals surface area (Å²) in [6.07, 6.45) is 0.187. The van der Waals surface area contributed by atoms with Crippen molar-refractivity contribution in [1.82, 2.24) is 4.90 Å². The van der Waals surface area contributed by atoms with Crippen molar-refractivity contribution in [3.8, 4) is 6.07 Å². The van der Waals surface area contributed by atoms with Crippen LogP contribution in [-0.2, 0) is 4.74 Å². The van der Waals surface area contributed by atoms with Gasteiger partial charge in [-0.05, 0) is 20.8 Å². The number of hydrogen-bond acceptors (Lipinski definition) is 3. The standard InChI is InChI=1S/C11H20N4O/c1-9-6-15(4-5-16-9)10(13)14-8-11(2,3)7-12/h9H,4-6,8H2,1-3H3,(H2,13,14). The van der Waals surface area contributed by atoms with E-state index < -0.39 is 5.41 Å².